The van der Waals surface area contributed by atoms with Crippen molar-refractivity contribution in [3.8, 4) is 5.69 Å². The van der Waals surface area contributed by atoms with Crippen LogP contribution in [0.15, 0.2) is 73.1 Å². The smallest absolute Gasteiger partial charge is 0.0645 e. The molecule has 1 heterocycles. The molecule has 100 valence electrons. The molecule has 0 radical (unpaired) electrons. The minimum atomic E-state index is 0.161. The molecular weight excluding hydrogens is 246 g/mol. The maximum absolute atomic E-state index is 4.46. The zero-order valence-electron chi connectivity index (χ0n) is 11.4. The lowest BCUT2D eigenvalue weighted by Crippen LogP contribution is -2.16. The second-order valence-electron chi connectivity index (χ2n) is 4.69. The maximum Gasteiger partial charge on any atom is 0.0645 e. The summed E-state index contributed by atoms with van der Waals surface area (Å²) in [6.07, 6.45) is 3.99. The van der Waals surface area contributed by atoms with E-state index >= 15 is 0 Å². The number of aromatic nitrogens is 2. The lowest BCUT2D eigenvalue weighted by atomic mass is 10.0. The fourth-order valence-electron chi connectivity index (χ4n) is 2.38. The topological polar surface area (TPSA) is 29.9 Å². The van der Waals surface area contributed by atoms with Crippen molar-refractivity contribution in [2.24, 2.45) is 0 Å². The monoisotopic (exact) mass is 263 g/mol. The van der Waals surface area contributed by atoms with Crippen molar-refractivity contribution >= 4 is 0 Å². The van der Waals surface area contributed by atoms with Crippen LogP contribution in [0.25, 0.3) is 5.69 Å². The van der Waals surface area contributed by atoms with Gasteiger partial charge in [0.2, 0.25) is 0 Å². The van der Waals surface area contributed by atoms with Crippen molar-refractivity contribution in [3.63, 3.8) is 0 Å². The largest absolute Gasteiger partial charge is 0.309 e. The Labute approximate surface area is 118 Å². The van der Waals surface area contributed by atoms with E-state index in [2.05, 4.69) is 40.9 Å². The minimum absolute atomic E-state index is 0.161. The zero-order valence-corrected chi connectivity index (χ0v) is 11.4. The van der Waals surface area contributed by atoms with E-state index in [4.69, 9.17) is 0 Å². The van der Waals surface area contributed by atoms with Crippen molar-refractivity contribution in [2.75, 3.05) is 7.05 Å². The van der Waals surface area contributed by atoms with Gasteiger partial charge >= 0.3 is 0 Å². The first-order chi connectivity index (χ1) is 9.88. The highest BCUT2D eigenvalue weighted by atomic mass is 15.3. The summed E-state index contributed by atoms with van der Waals surface area (Å²) in [7, 11) is 1.97. The third-order valence-electron chi connectivity index (χ3n) is 3.38. The number of benzene rings is 2. The second-order valence-corrected chi connectivity index (χ2v) is 4.69. The fraction of sp³-hybridized carbons (Fsp3) is 0.118. The maximum atomic E-state index is 4.46. The first-order valence-corrected chi connectivity index (χ1v) is 6.70. The van der Waals surface area contributed by atoms with E-state index in [0.29, 0.717) is 0 Å². The summed E-state index contributed by atoms with van der Waals surface area (Å²) in [6.45, 7) is 0. The molecule has 2 aromatic carbocycles. The summed E-state index contributed by atoms with van der Waals surface area (Å²) >= 11 is 0. The predicted molar refractivity (Wildman–Crippen MR) is 80.9 cm³/mol. The molecule has 0 fully saturated rings. The Hall–Kier alpha value is -2.39. The van der Waals surface area contributed by atoms with Crippen LogP contribution in [-0.2, 0) is 0 Å². The first-order valence-electron chi connectivity index (χ1n) is 6.70. The molecule has 0 aliphatic carbocycles. The van der Waals surface area contributed by atoms with E-state index < -0.39 is 0 Å². The standard InChI is InChI=1S/C17H17N3/c1-18-17(14-8-4-2-5-9-14)15-12-19-20(13-15)16-10-6-3-7-11-16/h2-13,17-18H,1H3. The SMILES string of the molecule is CNC(c1ccccc1)c1cnn(-c2ccccc2)c1. The van der Waals surface area contributed by atoms with Crippen molar-refractivity contribution < 1.29 is 0 Å². The van der Waals surface area contributed by atoms with Crippen LogP contribution in [0.5, 0.6) is 0 Å². The van der Waals surface area contributed by atoms with E-state index in [9.17, 15) is 0 Å². The van der Waals surface area contributed by atoms with Crippen LogP contribution in [0.2, 0.25) is 0 Å². The Bertz CT molecular complexity index is 659. The normalized spacial score (nSPS) is 12.2. The molecule has 0 aliphatic heterocycles. The number of hydrogen-bond acceptors (Lipinski definition) is 2. The summed E-state index contributed by atoms with van der Waals surface area (Å²) in [4.78, 5) is 0. The van der Waals surface area contributed by atoms with Gasteiger partial charge in [0.1, 0.15) is 0 Å². The molecule has 20 heavy (non-hydrogen) atoms. The average molecular weight is 263 g/mol. The zero-order chi connectivity index (χ0) is 13.8. The van der Waals surface area contributed by atoms with Crippen LogP contribution < -0.4 is 5.32 Å². The van der Waals surface area contributed by atoms with E-state index in [1.165, 1.54) is 5.56 Å². The summed E-state index contributed by atoms with van der Waals surface area (Å²) in [5, 5.41) is 7.80. The lowest BCUT2D eigenvalue weighted by molar-refractivity contribution is 0.691. The van der Waals surface area contributed by atoms with E-state index in [1.54, 1.807) is 0 Å². The van der Waals surface area contributed by atoms with Gasteiger partial charge in [-0.3, -0.25) is 0 Å². The highest BCUT2D eigenvalue weighted by molar-refractivity contribution is 5.34. The molecule has 3 aromatic rings. The third-order valence-corrected chi connectivity index (χ3v) is 3.38. The van der Waals surface area contributed by atoms with E-state index in [0.717, 1.165) is 11.3 Å². The molecule has 0 saturated carbocycles. The lowest BCUT2D eigenvalue weighted by Gasteiger charge is -2.14. The van der Waals surface area contributed by atoms with Gasteiger partial charge in [-0.1, -0.05) is 48.5 Å². The molecule has 0 aliphatic rings. The quantitative estimate of drug-likeness (QED) is 0.783. The second kappa shape index (κ2) is 5.72. The van der Waals surface area contributed by atoms with Gasteiger partial charge in [-0.15, -0.1) is 0 Å². The van der Waals surface area contributed by atoms with Crippen molar-refractivity contribution in [3.05, 3.63) is 84.2 Å². The highest BCUT2D eigenvalue weighted by Gasteiger charge is 2.13. The van der Waals surface area contributed by atoms with Gasteiger partial charge in [0.25, 0.3) is 0 Å². The van der Waals surface area contributed by atoms with Crippen molar-refractivity contribution in [1.29, 1.82) is 0 Å². The summed E-state index contributed by atoms with van der Waals surface area (Å²) in [6, 6.07) is 20.7. The number of para-hydroxylation sites is 1. The summed E-state index contributed by atoms with van der Waals surface area (Å²) < 4.78 is 1.91. The molecule has 1 unspecified atom stereocenters. The van der Waals surface area contributed by atoms with Crippen LogP contribution in [0.4, 0.5) is 0 Å². The van der Waals surface area contributed by atoms with Gasteiger partial charge < -0.3 is 5.32 Å². The third kappa shape index (κ3) is 2.49. The van der Waals surface area contributed by atoms with Gasteiger partial charge in [-0.25, -0.2) is 4.68 Å². The minimum Gasteiger partial charge on any atom is -0.309 e. The average Bonchev–Trinajstić information content (AvgIpc) is 3.00. The molecule has 1 N–H and O–H groups in total. The van der Waals surface area contributed by atoms with E-state index in [1.807, 2.05) is 54.3 Å². The van der Waals surface area contributed by atoms with Gasteiger partial charge in [-0.2, -0.15) is 5.10 Å². The fourth-order valence-corrected chi connectivity index (χ4v) is 2.38. The summed E-state index contributed by atoms with van der Waals surface area (Å²) in [5.41, 5.74) is 3.46. The Balaban J connectivity index is 1.93. The van der Waals surface area contributed by atoms with Gasteiger partial charge in [0.05, 0.1) is 17.9 Å². The van der Waals surface area contributed by atoms with Gasteiger partial charge in [-0.05, 0) is 24.7 Å². The van der Waals surface area contributed by atoms with Crippen LogP contribution in [0.1, 0.15) is 17.2 Å². The van der Waals surface area contributed by atoms with E-state index in [-0.39, 0.29) is 6.04 Å². The van der Waals surface area contributed by atoms with Gasteiger partial charge in [0, 0.05) is 11.8 Å². The molecule has 1 aromatic heterocycles. The highest BCUT2D eigenvalue weighted by Crippen LogP contribution is 2.21. The van der Waals surface area contributed by atoms with Crippen molar-refractivity contribution in [2.45, 2.75) is 6.04 Å². The van der Waals surface area contributed by atoms with Crippen LogP contribution in [0, 0.1) is 0 Å². The first kappa shape index (κ1) is 12.6. The molecule has 0 spiro atoms. The Morgan fingerprint density at radius 1 is 0.900 bits per heavy atom. The van der Waals surface area contributed by atoms with Crippen LogP contribution in [0.3, 0.4) is 0 Å². The Morgan fingerprint density at radius 3 is 2.20 bits per heavy atom. The molecule has 0 saturated heterocycles. The number of hydrogen-bond donors (Lipinski definition) is 1. The molecule has 0 bridgehead atoms. The van der Waals surface area contributed by atoms with Crippen LogP contribution in [-0.4, -0.2) is 16.8 Å². The molecule has 3 nitrogen and oxygen atoms in total. The number of nitrogens with zero attached hydrogens (tertiary/aromatic N) is 2. The molecular formula is C17H17N3. The number of nitrogens with one attached hydrogen (secondary N) is 1. The molecule has 3 rings (SSSR count). The van der Waals surface area contributed by atoms with Gasteiger partial charge in [0.15, 0.2) is 0 Å². The molecule has 1 atom stereocenters. The summed E-state index contributed by atoms with van der Waals surface area (Å²) in [5.74, 6) is 0. The molecule has 3 heteroatoms. The Morgan fingerprint density at radius 2 is 1.55 bits per heavy atom. The predicted octanol–water partition coefficient (Wildman–Crippen LogP) is 3.18. The van der Waals surface area contributed by atoms with Crippen molar-refractivity contribution in [1.82, 2.24) is 15.1 Å². The van der Waals surface area contributed by atoms with Crippen LogP contribution >= 0.6 is 0 Å². The Kier molecular flexibility index (Phi) is 3.61. The molecule has 0 amide bonds. The number of rotatable bonds is 4.